The molecule has 20 heavy (non-hydrogen) atoms. The maximum atomic E-state index is 10.9. The third-order valence-corrected chi connectivity index (χ3v) is 4.09. The molecule has 0 spiro atoms. The number of nitrogens with zero attached hydrogens (tertiary/aromatic N) is 2. The third-order valence-electron chi connectivity index (χ3n) is 4.09. The van der Waals surface area contributed by atoms with Crippen LogP contribution in [0.5, 0.6) is 0 Å². The van der Waals surface area contributed by atoms with Gasteiger partial charge in [0, 0.05) is 12.7 Å². The van der Waals surface area contributed by atoms with Crippen molar-refractivity contribution >= 4 is 11.9 Å². The summed E-state index contributed by atoms with van der Waals surface area (Å²) in [5.41, 5.74) is 0.665. The topological polar surface area (TPSA) is 75.1 Å². The van der Waals surface area contributed by atoms with Crippen molar-refractivity contribution in [2.45, 2.75) is 46.0 Å². The number of carboxylic acid groups (broad SMARTS) is 1. The fraction of sp³-hybridized carbons (Fsp3) is 0.667. The molecule has 5 nitrogen and oxygen atoms in total. The van der Waals surface area contributed by atoms with Gasteiger partial charge in [0.15, 0.2) is 0 Å². The molecular formula is C15H23N3O2. The first-order valence-electron chi connectivity index (χ1n) is 7.37. The highest BCUT2D eigenvalue weighted by atomic mass is 16.4. The van der Waals surface area contributed by atoms with Gasteiger partial charge in [-0.2, -0.15) is 0 Å². The van der Waals surface area contributed by atoms with Gasteiger partial charge in [-0.1, -0.05) is 26.2 Å². The van der Waals surface area contributed by atoms with Crippen LogP contribution < -0.4 is 5.32 Å². The predicted octanol–water partition coefficient (Wildman–Crippen LogP) is 3.11. The molecule has 5 heteroatoms. The van der Waals surface area contributed by atoms with E-state index in [4.69, 9.17) is 5.11 Å². The molecule has 1 saturated carbocycles. The van der Waals surface area contributed by atoms with Crippen LogP contribution in [0.4, 0.5) is 5.95 Å². The zero-order chi connectivity index (χ0) is 14.5. The van der Waals surface area contributed by atoms with Crippen LogP contribution in [0.3, 0.4) is 0 Å². The van der Waals surface area contributed by atoms with E-state index >= 15 is 0 Å². The first-order chi connectivity index (χ1) is 9.56. The zero-order valence-electron chi connectivity index (χ0n) is 12.2. The van der Waals surface area contributed by atoms with Crippen LogP contribution in [0.1, 0.15) is 55.1 Å². The van der Waals surface area contributed by atoms with Gasteiger partial charge >= 0.3 is 5.97 Å². The molecule has 1 aromatic rings. The van der Waals surface area contributed by atoms with Crippen LogP contribution in [-0.4, -0.2) is 27.6 Å². The summed E-state index contributed by atoms with van der Waals surface area (Å²) in [5, 5.41) is 12.1. The van der Waals surface area contributed by atoms with Gasteiger partial charge in [-0.05, 0) is 31.6 Å². The number of anilines is 1. The van der Waals surface area contributed by atoms with Gasteiger partial charge in [-0.15, -0.1) is 0 Å². The zero-order valence-corrected chi connectivity index (χ0v) is 12.2. The highest BCUT2D eigenvalue weighted by molar-refractivity contribution is 5.88. The number of hydrogen-bond donors (Lipinski definition) is 2. The number of nitrogens with one attached hydrogen (secondary N) is 1. The Hall–Kier alpha value is -1.65. The Kier molecular flexibility index (Phi) is 4.93. The SMILES string of the molecule is Cc1nc(NCCC2CCCC(C)C2)ncc1C(=O)O. The van der Waals surface area contributed by atoms with Gasteiger partial charge < -0.3 is 10.4 Å². The van der Waals surface area contributed by atoms with Gasteiger partial charge in [0.25, 0.3) is 0 Å². The number of hydrogen-bond acceptors (Lipinski definition) is 4. The molecule has 1 aromatic heterocycles. The van der Waals surface area contributed by atoms with Crippen LogP contribution in [0.25, 0.3) is 0 Å². The summed E-state index contributed by atoms with van der Waals surface area (Å²) < 4.78 is 0. The van der Waals surface area contributed by atoms with Crippen molar-refractivity contribution in [1.29, 1.82) is 0 Å². The number of aryl methyl sites for hydroxylation is 1. The second-order valence-electron chi connectivity index (χ2n) is 5.85. The maximum absolute atomic E-state index is 10.9. The van der Waals surface area contributed by atoms with Crippen LogP contribution in [0.15, 0.2) is 6.20 Å². The van der Waals surface area contributed by atoms with E-state index in [9.17, 15) is 4.79 Å². The summed E-state index contributed by atoms with van der Waals surface area (Å²) in [4.78, 5) is 19.1. The molecule has 110 valence electrons. The Bertz CT molecular complexity index is 476. The van der Waals surface area contributed by atoms with E-state index in [-0.39, 0.29) is 5.56 Å². The Morgan fingerprint density at radius 3 is 2.95 bits per heavy atom. The monoisotopic (exact) mass is 277 g/mol. The molecule has 0 aliphatic heterocycles. The molecular weight excluding hydrogens is 254 g/mol. The van der Waals surface area contributed by atoms with Crippen LogP contribution in [-0.2, 0) is 0 Å². The number of aromatic nitrogens is 2. The van der Waals surface area contributed by atoms with E-state index in [0.717, 1.165) is 24.8 Å². The third kappa shape index (κ3) is 3.92. The molecule has 2 unspecified atom stereocenters. The summed E-state index contributed by atoms with van der Waals surface area (Å²) >= 11 is 0. The molecule has 2 atom stereocenters. The Labute approximate surface area is 119 Å². The van der Waals surface area contributed by atoms with E-state index in [2.05, 4.69) is 22.2 Å². The lowest BCUT2D eigenvalue weighted by Gasteiger charge is -2.26. The molecule has 1 fully saturated rings. The van der Waals surface area contributed by atoms with Crippen molar-refractivity contribution in [1.82, 2.24) is 9.97 Å². The average Bonchev–Trinajstić information content (AvgIpc) is 2.38. The minimum Gasteiger partial charge on any atom is -0.478 e. The molecule has 1 aliphatic carbocycles. The fourth-order valence-electron chi connectivity index (χ4n) is 2.97. The highest BCUT2D eigenvalue weighted by Gasteiger charge is 2.18. The van der Waals surface area contributed by atoms with Crippen molar-refractivity contribution < 1.29 is 9.90 Å². The van der Waals surface area contributed by atoms with Gasteiger partial charge in [0.05, 0.1) is 11.3 Å². The lowest BCUT2D eigenvalue weighted by molar-refractivity contribution is 0.0695. The molecule has 0 radical (unpaired) electrons. The van der Waals surface area contributed by atoms with Crippen molar-refractivity contribution in [2.75, 3.05) is 11.9 Å². The number of rotatable bonds is 5. The molecule has 1 aliphatic rings. The predicted molar refractivity (Wildman–Crippen MR) is 78.0 cm³/mol. The van der Waals surface area contributed by atoms with Crippen molar-refractivity contribution in [3.8, 4) is 0 Å². The second-order valence-corrected chi connectivity index (χ2v) is 5.85. The van der Waals surface area contributed by atoms with E-state index in [1.165, 1.54) is 31.9 Å². The van der Waals surface area contributed by atoms with Crippen molar-refractivity contribution in [2.24, 2.45) is 11.8 Å². The lowest BCUT2D eigenvalue weighted by atomic mass is 9.81. The summed E-state index contributed by atoms with van der Waals surface area (Å²) in [5.74, 6) is 1.19. The molecule has 0 aromatic carbocycles. The second kappa shape index (κ2) is 6.68. The Balaban J connectivity index is 1.82. The highest BCUT2D eigenvalue weighted by Crippen LogP contribution is 2.30. The quantitative estimate of drug-likeness (QED) is 0.865. The van der Waals surface area contributed by atoms with E-state index < -0.39 is 5.97 Å². The summed E-state index contributed by atoms with van der Waals surface area (Å²) in [6.07, 6.45) is 7.85. The lowest BCUT2D eigenvalue weighted by Crippen LogP contribution is -2.17. The van der Waals surface area contributed by atoms with E-state index in [0.29, 0.717) is 11.6 Å². The molecule has 2 rings (SSSR count). The maximum Gasteiger partial charge on any atom is 0.339 e. The first kappa shape index (κ1) is 14.8. The number of carboxylic acids is 1. The van der Waals surface area contributed by atoms with Crippen molar-refractivity contribution in [3.63, 3.8) is 0 Å². The van der Waals surface area contributed by atoms with Crippen LogP contribution in [0.2, 0.25) is 0 Å². The standard InChI is InChI=1S/C15H23N3O2/c1-10-4-3-5-12(8-10)6-7-16-15-17-9-13(14(19)20)11(2)18-15/h9-10,12H,3-8H2,1-2H3,(H,19,20)(H,16,17,18). The van der Waals surface area contributed by atoms with Gasteiger partial charge in [-0.25, -0.2) is 14.8 Å². The summed E-state index contributed by atoms with van der Waals surface area (Å²) in [7, 11) is 0. The van der Waals surface area contributed by atoms with E-state index in [1.54, 1.807) is 6.92 Å². The smallest absolute Gasteiger partial charge is 0.339 e. The summed E-state index contributed by atoms with van der Waals surface area (Å²) in [6, 6.07) is 0. The normalized spacial score (nSPS) is 22.5. The molecule has 2 N–H and O–H groups in total. The average molecular weight is 277 g/mol. The Morgan fingerprint density at radius 2 is 2.30 bits per heavy atom. The molecule has 1 heterocycles. The number of carbonyl (C=O) groups is 1. The van der Waals surface area contributed by atoms with Crippen LogP contribution >= 0.6 is 0 Å². The van der Waals surface area contributed by atoms with E-state index in [1.807, 2.05) is 0 Å². The Morgan fingerprint density at radius 1 is 1.50 bits per heavy atom. The number of aromatic carboxylic acids is 1. The minimum absolute atomic E-state index is 0.164. The minimum atomic E-state index is -0.981. The van der Waals surface area contributed by atoms with Gasteiger partial charge in [0.1, 0.15) is 0 Å². The van der Waals surface area contributed by atoms with Crippen LogP contribution in [0, 0.1) is 18.8 Å². The van der Waals surface area contributed by atoms with Gasteiger partial charge in [-0.3, -0.25) is 0 Å². The van der Waals surface area contributed by atoms with Gasteiger partial charge in [0.2, 0.25) is 5.95 Å². The van der Waals surface area contributed by atoms with Crippen molar-refractivity contribution in [3.05, 3.63) is 17.5 Å². The first-order valence-corrected chi connectivity index (χ1v) is 7.37. The molecule has 0 saturated heterocycles. The largest absolute Gasteiger partial charge is 0.478 e. The summed E-state index contributed by atoms with van der Waals surface area (Å²) in [6.45, 7) is 4.87. The molecule has 0 amide bonds. The fourth-order valence-corrected chi connectivity index (χ4v) is 2.97. The molecule has 0 bridgehead atoms.